The van der Waals surface area contributed by atoms with Crippen molar-refractivity contribution in [2.75, 3.05) is 6.54 Å². The number of rotatable bonds is 3. The molecular weight excluding hydrogens is 288 g/mol. The Bertz CT molecular complexity index is 459. The standard InChI is InChI=1S/C14H16Cl2FNO/c15-10-6-4-9(5-7-10)8-18-14(19)11-2-1-3-12(16)13(11)17/h1-3,9-10H,4-8H2,(H,18,19). The van der Waals surface area contributed by atoms with E-state index in [1.165, 1.54) is 12.1 Å². The summed E-state index contributed by atoms with van der Waals surface area (Å²) in [6, 6.07) is 4.43. The molecule has 1 N–H and O–H groups in total. The monoisotopic (exact) mass is 303 g/mol. The lowest BCUT2D eigenvalue weighted by molar-refractivity contribution is 0.0939. The minimum Gasteiger partial charge on any atom is -0.352 e. The van der Waals surface area contributed by atoms with Crippen LogP contribution in [0, 0.1) is 11.7 Å². The molecule has 104 valence electrons. The van der Waals surface area contributed by atoms with Gasteiger partial charge in [-0.15, -0.1) is 11.6 Å². The van der Waals surface area contributed by atoms with E-state index in [9.17, 15) is 9.18 Å². The Morgan fingerprint density at radius 1 is 1.32 bits per heavy atom. The average Bonchev–Trinajstić information content (AvgIpc) is 2.41. The summed E-state index contributed by atoms with van der Waals surface area (Å²) in [5.41, 5.74) is -0.00136. The second-order valence-corrected chi connectivity index (χ2v) is 5.95. The predicted octanol–water partition coefficient (Wildman–Crippen LogP) is 4.01. The van der Waals surface area contributed by atoms with Crippen molar-refractivity contribution in [1.82, 2.24) is 5.32 Å². The molecule has 19 heavy (non-hydrogen) atoms. The van der Waals surface area contributed by atoms with E-state index in [2.05, 4.69) is 5.32 Å². The van der Waals surface area contributed by atoms with Crippen molar-refractivity contribution in [3.63, 3.8) is 0 Å². The number of carbonyl (C=O) groups excluding carboxylic acids is 1. The van der Waals surface area contributed by atoms with Gasteiger partial charge in [0, 0.05) is 11.9 Å². The highest BCUT2D eigenvalue weighted by molar-refractivity contribution is 6.31. The van der Waals surface area contributed by atoms with E-state index in [0.29, 0.717) is 12.5 Å². The van der Waals surface area contributed by atoms with Crippen molar-refractivity contribution in [1.29, 1.82) is 0 Å². The quantitative estimate of drug-likeness (QED) is 0.840. The predicted molar refractivity (Wildman–Crippen MR) is 75.3 cm³/mol. The summed E-state index contributed by atoms with van der Waals surface area (Å²) in [5.74, 6) is -0.639. The van der Waals surface area contributed by atoms with Crippen LogP contribution in [0.2, 0.25) is 5.02 Å². The number of benzene rings is 1. The van der Waals surface area contributed by atoms with Crippen LogP contribution in [0.3, 0.4) is 0 Å². The molecule has 0 spiro atoms. The van der Waals surface area contributed by atoms with Gasteiger partial charge in [0.2, 0.25) is 0 Å². The molecule has 5 heteroatoms. The minimum atomic E-state index is -0.661. The van der Waals surface area contributed by atoms with Crippen molar-refractivity contribution in [3.8, 4) is 0 Å². The molecule has 0 atom stereocenters. The molecule has 1 aliphatic carbocycles. The molecule has 0 unspecified atom stereocenters. The maximum atomic E-state index is 13.7. The highest BCUT2D eigenvalue weighted by Crippen LogP contribution is 2.27. The molecular formula is C14H16Cl2FNO. The van der Waals surface area contributed by atoms with E-state index in [0.717, 1.165) is 25.7 Å². The number of hydrogen-bond acceptors (Lipinski definition) is 1. The Morgan fingerprint density at radius 2 is 2.00 bits per heavy atom. The van der Waals surface area contributed by atoms with Gasteiger partial charge in [-0.3, -0.25) is 4.79 Å². The molecule has 1 fully saturated rings. The van der Waals surface area contributed by atoms with Gasteiger partial charge in [-0.25, -0.2) is 4.39 Å². The Morgan fingerprint density at radius 3 is 2.68 bits per heavy atom. The molecule has 1 aromatic carbocycles. The fourth-order valence-electron chi connectivity index (χ4n) is 2.34. The topological polar surface area (TPSA) is 29.1 Å². The third-order valence-electron chi connectivity index (χ3n) is 3.52. The molecule has 1 aliphatic rings. The van der Waals surface area contributed by atoms with Crippen molar-refractivity contribution in [2.24, 2.45) is 5.92 Å². The van der Waals surface area contributed by atoms with E-state index in [1.54, 1.807) is 6.07 Å². The van der Waals surface area contributed by atoms with Gasteiger partial charge >= 0.3 is 0 Å². The minimum absolute atomic E-state index is 0.00136. The van der Waals surface area contributed by atoms with E-state index in [4.69, 9.17) is 23.2 Å². The van der Waals surface area contributed by atoms with E-state index < -0.39 is 11.7 Å². The van der Waals surface area contributed by atoms with Crippen LogP contribution in [0.4, 0.5) is 4.39 Å². The average molecular weight is 304 g/mol. The number of carbonyl (C=O) groups is 1. The second kappa shape index (κ2) is 6.58. The van der Waals surface area contributed by atoms with Crippen LogP contribution in [0.5, 0.6) is 0 Å². The van der Waals surface area contributed by atoms with Gasteiger partial charge in [0.25, 0.3) is 5.91 Å². The summed E-state index contributed by atoms with van der Waals surface area (Å²) in [5, 5.41) is 3.00. The molecule has 1 saturated carbocycles. The third-order valence-corrected chi connectivity index (χ3v) is 4.25. The largest absolute Gasteiger partial charge is 0.352 e. The van der Waals surface area contributed by atoms with Gasteiger partial charge in [0.1, 0.15) is 0 Å². The molecule has 0 saturated heterocycles. The lowest BCUT2D eigenvalue weighted by Crippen LogP contribution is -2.32. The first-order valence-corrected chi connectivity index (χ1v) is 7.25. The lowest BCUT2D eigenvalue weighted by Gasteiger charge is -2.25. The molecule has 0 radical (unpaired) electrons. The van der Waals surface area contributed by atoms with Crippen molar-refractivity contribution in [2.45, 2.75) is 31.1 Å². The van der Waals surface area contributed by atoms with Gasteiger partial charge in [-0.1, -0.05) is 17.7 Å². The van der Waals surface area contributed by atoms with Gasteiger partial charge in [0.05, 0.1) is 10.6 Å². The zero-order valence-electron chi connectivity index (χ0n) is 10.5. The SMILES string of the molecule is O=C(NCC1CCC(Cl)CC1)c1cccc(Cl)c1F. The molecule has 0 aliphatic heterocycles. The number of amides is 1. The smallest absolute Gasteiger partial charge is 0.254 e. The molecule has 1 aromatic rings. The molecule has 0 aromatic heterocycles. The number of nitrogens with one attached hydrogen (secondary N) is 1. The summed E-state index contributed by atoms with van der Waals surface area (Å²) in [6.07, 6.45) is 3.97. The number of halogens is 3. The second-order valence-electron chi connectivity index (χ2n) is 4.93. The van der Waals surface area contributed by atoms with E-state index >= 15 is 0 Å². The van der Waals surface area contributed by atoms with Gasteiger partial charge < -0.3 is 5.32 Å². The van der Waals surface area contributed by atoms with Crippen molar-refractivity contribution >= 4 is 29.1 Å². The Labute approximate surface area is 122 Å². The van der Waals surface area contributed by atoms with Gasteiger partial charge in [-0.2, -0.15) is 0 Å². The lowest BCUT2D eigenvalue weighted by atomic mass is 9.89. The zero-order chi connectivity index (χ0) is 13.8. The molecule has 2 rings (SSSR count). The number of alkyl halides is 1. The van der Waals surface area contributed by atoms with Crippen LogP contribution in [0.15, 0.2) is 18.2 Å². The Hall–Kier alpha value is -0.800. The van der Waals surface area contributed by atoms with E-state index in [-0.39, 0.29) is 16.0 Å². The third kappa shape index (κ3) is 3.83. The summed E-state index contributed by atoms with van der Waals surface area (Å²) in [7, 11) is 0. The summed E-state index contributed by atoms with van der Waals surface area (Å²) < 4.78 is 13.7. The normalized spacial score (nSPS) is 23.1. The highest BCUT2D eigenvalue weighted by atomic mass is 35.5. The fraction of sp³-hybridized carbons (Fsp3) is 0.500. The number of hydrogen-bond donors (Lipinski definition) is 1. The first kappa shape index (κ1) is 14.6. The van der Waals surface area contributed by atoms with Crippen molar-refractivity contribution in [3.05, 3.63) is 34.6 Å². The fourth-order valence-corrected chi connectivity index (χ4v) is 2.76. The summed E-state index contributed by atoms with van der Waals surface area (Å²) in [6.45, 7) is 0.564. The summed E-state index contributed by atoms with van der Waals surface area (Å²) in [4.78, 5) is 11.9. The van der Waals surface area contributed by atoms with Crippen molar-refractivity contribution < 1.29 is 9.18 Å². The van der Waals surface area contributed by atoms with Crippen LogP contribution in [-0.4, -0.2) is 17.8 Å². The van der Waals surface area contributed by atoms with E-state index in [1.807, 2.05) is 0 Å². The van der Waals surface area contributed by atoms with Crippen LogP contribution in [0.25, 0.3) is 0 Å². The Balaban J connectivity index is 1.89. The first-order valence-electron chi connectivity index (χ1n) is 6.44. The van der Waals surface area contributed by atoms with Crippen LogP contribution in [0.1, 0.15) is 36.0 Å². The van der Waals surface area contributed by atoms with Crippen LogP contribution >= 0.6 is 23.2 Å². The van der Waals surface area contributed by atoms with Crippen LogP contribution in [-0.2, 0) is 0 Å². The van der Waals surface area contributed by atoms with Crippen LogP contribution < -0.4 is 5.32 Å². The Kier molecular flexibility index (Phi) is 5.06. The molecule has 0 heterocycles. The molecule has 2 nitrogen and oxygen atoms in total. The highest BCUT2D eigenvalue weighted by Gasteiger charge is 2.21. The molecule has 1 amide bonds. The maximum Gasteiger partial charge on any atom is 0.254 e. The maximum absolute atomic E-state index is 13.7. The van der Waals surface area contributed by atoms with Gasteiger partial charge in [0.15, 0.2) is 5.82 Å². The van der Waals surface area contributed by atoms with Gasteiger partial charge in [-0.05, 0) is 43.7 Å². The first-order chi connectivity index (χ1) is 9.08. The summed E-state index contributed by atoms with van der Waals surface area (Å²) >= 11 is 11.7. The molecule has 0 bridgehead atoms. The zero-order valence-corrected chi connectivity index (χ0v) is 12.0.